The fourth-order valence-corrected chi connectivity index (χ4v) is 3.67. The van der Waals surface area contributed by atoms with Gasteiger partial charge in [-0.15, -0.1) is 0 Å². The summed E-state index contributed by atoms with van der Waals surface area (Å²) in [4.78, 5) is 21.4. The second-order valence-corrected chi connectivity index (χ2v) is 9.06. The van der Waals surface area contributed by atoms with Crippen molar-refractivity contribution >= 4 is 72.5 Å². The van der Waals surface area contributed by atoms with E-state index in [1.165, 1.54) is 6.07 Å². The van der Waals surface area contributed by atoms with Crippen molar-refractivity contribution in [3.63, 3.8) is 0 Å². The first-order valence-electron chi connectivity index (χ1n) is 10.0. The van der Waals surface area contributed by atoms with E-state index in [1.807, 2.05) is 48.5 Å². The molecule has 0 aromatic heterocycles. The number of aromatic carboxylic acids is 2. The van der Waals surface area contributed by atoms with Crippen molar-refractivity contribution < 1.29 is 19.8 Å². The smallest absolute Gasteiger partial charge is 0.337 e. The van der Waals surface area contributed by atoms with Gasteiger partial charge < -0.3 is 21.3 Å². The van der Waals surface area contributed by atoms with Crippen molar-refractivity contribution in [1.29, 1.82) is 0 Å². The number of nitrogen functional groups attached to an aromatic ring is 1. The van der Waals surface area contributed by atoms with E-state index < -0.39 is 11.9 Å². The van der Waals surface area contributed by atoms with Gasteiger partial charge in [0.25, 0.3) is 0 Å². The molecule has 0 aliphatic carbocycles. The number of rotatable bonds is 4. The van der Waals surface area contributed by atoms with Gasteiger partial charge in [-0.2, -0.15) is 0 Å². The fourth-order valence-electron chi connectivity index (χ4n) is 2.64. The summed E-state index contributed by atoms with van der Waals surface area (Å²) in [6.07, 6.45) is 0. The Morgan fingerprint density at radius 2 is 1.26 bits per heavy atom. The lowest BCUT2D eigenvalue weighted by Gasteiger charge is -2.09. The Kier molecular flexibility index (Phi) is 11.3. The fraction of sp³-hybridized carbons (Fsp3) is 0. The van der Waals surface area contributed by atoms with E-state index in [9.17, 15) is 9.59 Å². The Morgan fingerprint density at radius 3 is 1.74 bits per heavy atom. The third-order valence-corrected chi connectivity index (χ3v) is 5.53. The third kappa shape index (κ3) is 9.82. The Hall–Kier alpha value is -3.33. The molecule has 9 heteroatoms. The van der Waals surface area contributed by atoms with Gasteiger partial charge in [0.05, 0.1) is 21.8 Å². The molecule has 5 N–H and O–H groups in total. The first-order valence-corrected chi connectivity index (χ1v) is 12.0. The Bertz CT molecular complexity index is 1280. The number of carbonyl (C=O) groups is 2. The number of carboxylic acid groups (broad SMARTS) is 2. The highest BCUT2D eigenvalue weighted by Crippen LogP contribution is 2.23. The van der Waals surface area contributed by atoms with Crippen LogP contribution in [0.15, 0.2) is 106 Å². The zero-order chi connectivity index (χ0) is 25.8. The molecule has 0 aliphatic heterocycles. The molecule has 0 amide bonds. The zero-order valence-corrected chi connectivity index (χ0v) is 22.1. The maximum Gasteiger partial charge on any atom is 0.337 e. The lowest BCUT2D eigenvalue weighted by atomic mass is 10.1. The van der Waals surface area contributed by atoms with Crippen LogP contribution in [0.5, 0.6) is 0 Å². The summed E-state index contributed by atoms with van der Waals surface area (Å²) in [7, 11) is 0. The Labute approximate surface area is 224 Å². The molecular formula is C26H21Br2ClN2O4. The van der Waals surface area contributed by atoms with E-state index >= 15 is 0 Å². The van der Waals surface area contributed by atoms with E-state index in [4.69, 9.17) is 27.5 Å². The molecule has 0 aliphatic rings. The quantitative estimate of drug-likeness (QED) is 0.172. The number of hydrogen-bond acceptors (Lipinski definition) is 4. The van der Waals surface area contributed by atoms with Crippen LogP contribution in [0.1, 0.15) is 20.7 Å². The van der Waals surface area contributed by atoms with Gasteiger partial charge in [0.1, 0.15) is 0 Å². The molecule has 0 saturated carbocycles. The molecule has 35 heavy (non-hydrogen) atoms. The average molecular weight is 621 g/mol. The van der Waals surface area contributed by atoms with Crippen LogP contribution in [0.4, 0.5) is 17.1 Å². The van der Waals surface area contributed by atoms with Gasteiger partial charge in [-0.05, 0) is 60.7 Å². The third-order valence-electron chi connectivity index (χ3n) is 4.21. The van der Waals surface area contributed by atoms with Crippen molar-refractivity contribution in [3.8, 4) is 0 Å². The number of para-hydroxylation sites is 1. The van der Waals surface area contributed by atoms with Gasteiger partial charge in [0, 0.05) is 20.3 Å². The van der Waals surface area contributed by atoms with Gasteiger partial charge in [0.2, 0.25) is 0 Å². The molecule has 0 heterocycles. The lowest BCUT2D eigenvalue weighted by molar-refractivity contribution is 0.0686. The molecule has 6 nitrogen and oxygen atoms in total. The number of benzene rings is 4. The molecule has 0 saturated heterocycles. The highest BCUT2D eigenvalue weighted by molar-refractivity contribution is 9.10. The number of nitrogens with one attached hydrogen (secondary N) is 1. The first kappa shape index (κ1) is 27.9. The first-order chi connectivity index (χ1) is 16.7. The van der Waals surface area contributed by atoms with Crippen LogP contribution in [0.2, 0.25) is 5.02 Å². The van der Waals surface area contributed by atoms with E-state index in [0.29, 0.717) is 5.69 Å². The van der Waals surface area contributed by atoms with Gasteiger partial charge in [-0.3, -0.25) is 0 Å². The van der Waals surface area contributed by atoms with Crippen molar-refractivity contribution in [1.82, 2.24) is 0 Å². The summed E-state index contributed by atoms with van der Waals surface area (Å²) >= 11 is 12.2. The Morgan fingerprint density at radius 1 is 0.714 bits per heavy atom. The zero-order valence-electron chi connectivity index (χ0n) is 18.2. The van der Waals surface area contributed by atoms with E-state index in [0.717, 1.165) is 20.3 Å². The monoisotopic (exact) mass is 618 g/mol. The normalized spacial score (nSPS) is 9.57. The number of nitrogens with two attached hydrogens (primary N) is 1. The van der Waals surface area contributed by atoms with E-state index in [2.05, 4.69) is 37.2 Å². The molecule has 0 bridgehead atoms. The van der Waals surface area contributed by atoms with E-state index in [-0.39, 0.29) is 16.1 Å². The topological polar surface area (TPSA) is 113 Å². The Balaban J connectivity index is 0.000000204. The molecule has 4 rings (SSSR count). The molecule has 0 atom stereocenters. The number of carboxylic acids is 2. The summed E-state index contributed by atoms with van der Waals surface area (Å²) in [6, 6.07) is 28.3. The highest BCUT2D eigenvalue weighted by Gasteiger charge is 2.08. The van der Waals surface area contributed by atoms with Crippen LogP contribution < -0.4 is 11.1 Å². The maximum absolute atomic E-state index is 11.0. The lowest BCUT2D eigenvalue weighted by Crippen LogP contribution is -2.02. The van der Waals surface area contributed by atoms with Gasteiger partial charge in [-0.25, -0.2) is 9.59 Å². The van der Waals surface area contributed by atoms with Crippen molar-refractivity contribution in [2.24, 2.45) is 0 Å². The molecule has 4 aromatic carbocycles. The number of halogens is 3. The standard InChI is InChI=1S/C13H10BrNO2.C7H5ClO2.C6H6BrN/c14-9-4-3-5-10(8-9)15-12-7-2-1-6-11(12)13(16)17;8-6-4-2-1-3-5(6)7(9)10;7-5-2-1-3-6(8)4-5/h1-8,15H,(H,16,17);1-4H,(H,9,10);1-4H,8H2. The van der Waals surface area contributed by atoms with Crippen LogP contribution in [0, 0.1) is 0 Å². The minimum atomic E-state index is -0.995. The molecule has 0 unspecified atom stereocenters. The number of hydrogen-bond donors (Lipinski definition) is 4. The number of anilines is 3. The predicted octanol–water partition coefficient (Wildman–Crippen LogP) is 7.96. The second kappa shape index (κ2) is 14.2. The van der Waals surface area contributed by atoms with Gasteiger partial charge >= 0.3 is 11.9 Å². The van der Waals surface area contributed by atoms with Gasteiger partial charge in [-0.1, -0.05) is 79.9 Å². The average Bonchev–Trinajstić information content (AvgIpc) is 2.80. The predicted molar refractivity (Wildman–Crippen MR) is 148 cm³/mol. The molecular weight excluding hydrogens is 600 g/mol. The van der Waals surface area contributed by atoms with Crippen molar-refractivity contribution in [3.05, 3.63) is 122 Å². The van der Waals surface area contributed by atoms with Crippen LogP contribution >= 0.6 is 43.5 Å². The molecule has 180 valence electrons. The second-order valence-electron chi connectivity index (χ2n) is 6.83. The molecule has 0 fully saturated rings. The summed E-state index contributed by atoms with van der Waals surface area (Å²) in [5.74, 6) is -1.94. The summed E-state index contributed by atoms with van der Waals surface area (Å²) < 4.78 is 1.97. The summed E-state index contributed by atoms with van der Waals surface area (Å²) in [6.45, 7) is 0. The van der Waals surface area contributed by atoms with Gasteiger partial charge in [0.15, 0.2) is 0 Å². The van der Waals surface area contributed by atoms with E-state index in [1.54, 1.807) is 42.5 Å². The molecule has 0 spiro atoms. The minimum Gasteiger partial charge on any atom is -0.478 e. The largest absolute Gasteiger partial charge is 0.478 e. The maximum atomic E-state index is 11.0. The van der Waals surface area contributed by atoms with Crippen LogP contribution in [-0.2, 0) is 0 Å². The minimum absolute atomic E-state index is 0.143. The molecule has 4 aromatic rings. The van der Waals surface area contributed by atoms with Crippen LogP contribution in [0.3, 0.4) is 0 Å². The van der Waals surface area contributed by atoms with Crippen LogP contribution in [-0.4, -0.2) is 22.2 Å². The molecule has 0 radical (unpaired) electrons. The SMILES string of the molecule is Nc1cccc(Br)c1.O=C(O)c1ccccc1Cl.O=C(O)c1ccccc1Nc1cccc(Br)c1. The van der Waals surface area contributed by atoms with Crippen LogP contribution in [0.25, 0.3) is 0 Å². The highest BCUT2D eigenvalue weighted by atomic mass is 79.9. The van der Waals surface area contributed by atoms with Crippen molar-refractivity contribution in [2.45, 2.75) is 0 Å². The van der Waals surface area contributed by atoms with Crippen molar-refractivity contribution in [2.75, 3.05) is 11.1 Å². The summed E-state index contributed by atoms with van der Waals surface area (Å²) in [5, 5.41) is 20.9. The summed E-state index contributed by atoms with van der Waals surface area (Å²) in [5.41, 5.74) is 8.04.